The van der Waals surface area contributed by atoms with E-state index >= 15 is 0 Å². The normalized spacial score (nSPS) is 17.6. The minimum Gasteiger partial charge on any atom is -0.398 e. The fourth-order valence-electron chi connectivity index (χ4n) is 2.29. The van der Waals surface area contributed by atoms with Gasteiger partial charge in [0.25, 0.3) is 0 Å². The van der Waals surface area contributed by atoms with Gasteiger partial charge in [-0.3, -0.25) is 0 Å². The molecule has 0 aliphatic carbocycles. The Morgan fingerprint density at radius 2 is 2.00 bits per heavy atom. The number of ether oxygens (including phenoxy) is 1. The molecule has 1 aliphatic rings. The predicted octanol–water partition coefficient (Wildman–Crippen LogP) is 2.27. The van der Waals surface area contributed by atoms with Crippen LogP contribution < -0.4 is 11.5 Å². The van der Waals surface area contributed by atoms with Crippen molar-refractivity contribution in [2.24, 2.45) is 5.73 Å². The van der Waals surface area contributed by atoms with Crippen molar-refractivity contribution in [3.05, 3.63) is 28.3 Å². The minimum absolute atomic E-state index is 0.468. The lowest BCUT2D eigenvalue weighted by atomic mass is 9.87. The Balaban J connectivity index is 2.36. The van der Waals surface area contributed by atoms with Crippen LogP contribution in [0.4, 0.5) is 5.69 Å². The molecule has 0 spiro atoms. The number of anilines is 1. The average molecular weight is 241 g/mol. The van der Waals surface area contributed by atoms with E-state index in [9.17, 15) is 0 Å². The first-order valence-corrected chi connectivity index (χ1v) is 5.95. The highest BCUT2D eigenvalue weighted by molar-refractivity contribution is 6.31. The zero-order valence-electron chi connectivity index (χ0n) is 9.21. The molecule has 1 aromatic rings. The Morgan fingerprint density at radius 3 is 2.62 bits per heavy atom. The molecule has 1 fully saturated rings. The van der Waals surface area contributed by atoms with Gasteiger partial charge in [-0.1, -0.05) is 11.6 Å². The molecule has 16 heavy (non-hydrogen) atoms. The summed E-state index contributed by atoms with van der Waals surface area (Å²) >= 11 is 6.05. The zero-order chi connectivity index (χ0) is 11.5. The van der Waals surface area contributed by atoms with Gasteiger partial charge >= 0.3 is 0 Å². The van der Waals surface area contributed by atoms with Crippen molar-refractivity contribution < 1.29 is 4.74 Å². The van der Waals surface area contributed by atoms with Crippen LogP contribution in [0.3, 0.4) is 0 Å². The van der Waals surface area contributed by atoms with Crippen LogP contribution in [0, 0.1) is 0 Å². The second-order valence-electron chi connectivity index (χ2n) is 4.15. The Bertz CT molecular complexity index is 376. The molecule has 0 aromatic heterocycles. The molecule has 3 nitrogen and oxygen atoms in total. The monoisotopic (exact) mass is 240 g/mol. The summed E-state index contributed by atoms with van der Waals surface area (Å²) in [6.07, 6.45) is 2.04. The topological polar surface area (TPSA) is 61.3 Å². The molecule has 2 rings (SSSR count). The standard InChI is InChI=1S/C12H17ClN2O/c13-9-5-10(8-1-3-16-4-2-8)11(7-14)12(15)6-9/h5-6,8H,1-4,7,14-15H2. The van der Waals surface area contributed by atoms with E-state index < -0.39 is 0 Å². The molecular formula is C12H17ClN2O. The summed E-state index contributed by atoms with van der Waals surface area (Å²) in [7, 11) is 0. The van der Waals surface area contributed by atoms with Gasteiger partial charge in [-0.15, -0.1) is 0 Å². The minimum atomic E-state index is 0.468. The fourth-order valence-corrected chi connectivity index (χ4v) is 2.52. The number of hydrogen-bond donors (Lipinski definition) is 2. The first kappa shape index (κ1) is 11.7. The van der Waals surface area contributed by atoms with E-state index in [-0.39, 0.29) is 0 Å². The summed E-state index contributed by atoms with van der Waals surface area (Å²) in [5.41, 5.74) is 14.6. The summed E-state index contributed by atoms with van der Waals surface area (Å²) < 4.78 is 5.36. The number of rotatable bonds is 2. The molecule has 4 N–H and O–H groups in total. The van der Waals surface area contributed by atoms with Gasteiger partial charge in [-0.25, -0.2) is 0 Å². The third-order valence-corrected chi connectivity index (χ3v) is 3.37. The quantitative estimate of drug-likeness (QED) is 0.780. The molecule has 1 aromatic carbocycles. The van der Waals surface area contributed by atoms with Crippen molar-refractivity contribution in [2.45, 2.75) is 25.3 Å². The van der Waals surface area contributed by atoms with Crippen LogP contribution in [-0.2, 0) is 11.3 Å². The lowest BCUT2D eigenvalue weighted by Crippen LogP contribution is -2.17. The molecule has 1 heterocycles. The van der Waals surface area contributed by atoms with Gasteiger partial charge < -0.3 is 16.2 Å². The van der Waals surface area contributed by atoms with Crippen LogP contribution in [-0.4, -0.2) is 13.2 Å². The molecule has 0 amide bonds. The molecule has 4 heteroatoms. The van der Waals surface area contributed by atoms with Crippen molar-refractivity contribution in [3.8, 4) is 0 Å². The fraction of sp³-hybridized carbons (Fsp3) is 0.500. The van der Waals surface area contributed by atoms with Gasteiger partial charge in [0, 0.05) is 30.5 Å². The summed E-state index contributed by atoms with van der Waals surface area (Å²) in [6, 6.07) is 3.77. The van der Waals surface area contributed by atoms with Crippen molar-refractivity contribution >= 4 is 17.3 Å². The van der Waals surface area contributed by atoms with Crippen LogP contribution >= 0.6 is 11.6 Å². The number of halogens is 1. The van der Waals surface area contributed by atoms with E-state index in [1.807, 2.05) is 6.07 Å². The molecular weight excluding hydrogens is 224 g/mol. The van der Waals surface area contributed by atoms with Gasteiger partial charge in [-0.05, 0) is 42.0 Å². The van der Waals surface area contributed by atoms with Crippen molar-refractivity contribution in [2.75, 3.05) is 18.9 Å². The van der Waals surface area contributed by atoms with Crippen LogP contribution in [0.2, 0.25) is 5.02 Å². The van der Waals surface area contributed by atoms with E-state index in [1.165, 1.54) is 5.56 Å². The van der Waals surface area contributed by atoms with Crippen molar-refractivity contribution in [3.63, 3.8) is 0 Å². The van der Waals surface area contributed by atoms with E-state index in [0.29, 0.717) is 23.2 Å². The Labute approximate surface area is 101 Å². The second-order valence-corrected chi connectivity index (χ2v) is 4.59. The molecule has 0 bridgehead atoms. The van der Waals surface area contributed by atoms with E-state index in [1.54, 1.807) is 6.07 Å². The Hall–Kier alpha value is -0.770. The maximum atomic E-state index is 6.05. The van der Waals surface area contributed by atoms with E-state index in [2.05, 4.69) is 0 Å². The molecule has 1 saturated heterocycles. The number of benzene rings is 1. The van der Waals surface area contributed by atoms with Crippen LogP contribution in [0.1, 0.15) is 29.9 Å². The van der Waals surface area contributed by atoms with Gasteiger partial charge in [0.1, 0.15) is 0 Å². The first-order chi connectivity index (χ1) is 7.72. The third-order valence-electron chi connectivity index (χ3n) is 3.15. The van der Waals surface area contributed by atoms with Gasteiger partial charge in [-0.2, -0.15) is 0 Å². The largest absolute Gasteiger partial charge is 0.398 e. The Morgan fingerprint density at radius 1 is 1.31 bits per heavy atom. The number of nitrogens with two attached hydrogens (primary N) is 2. The van der Waals surface area contributed by atoms with Gasteiger partial charge in [0.05, 0.1) is 0 Å². The summed E-state index contributed by atoms with van der Waals surface area (Å²) in [5.74, 6) is 0.480. The predicted molar refractivity (Wildman–Crippen MR) is 66.5 cm³/mol. The number of hydrogen-bond acceptors (Lipinski definition) is 3. The van der Waals surface area contributed by atoms with Gasteiger partial charge in [0.15, 0.2) is 0 Å². The third kappa shape index (κ3) is 2.32. The van der Waals surface area contributed by atoms with Crippen LogP contribution in [0.5, 0.6) is 0 Å². The van der Waals surface area contributed by atoms with E-state index in [4.69, 9.17) is 27.8 Å². The van der Waals surface area contributed by atoms with Crippen LogP contribution in [0.15, 0.2) is 12.1 Å². The SMILES string of the molecule is NCc1c(N)cc(Cl)cc1C1CCOCC1. The first-order valence-electron chi connectivity index (χ1n) is 5.58. The van der Waals surface area contributed by atoms with Crippen molar-refractivity contribution in [1.29, 1.82) is 0 Å². The van der Waals surface area contributed by atoms with E-state index in [0.717, 1.165) is 31.6 Å². The molecule has 1 aliphatic heterocycles. The number of nitrogen functional groups attached to an aromatic ring is 1. The van der Waals surface area contributed by atoms with Gasteiger partial charge in [0.2, 0.25) is 0 Å². The van der Waals surface area contributed by atoms with Crippen LogP contribution in [0.25, 0.3) is 0 Å². The molecule has 0 atom stereocenters. The zero-order valence-corrected chi connectivity index (χ0v) is 9.96. The highest BCUT2D eigenvalue weighted by atomic mass is 35.5. The van der Waals surface area contributed by atoms with Crippen molar-refractivity contribution in [1.82, 2.24) is 0 Å². The highest BCUT2D eigenvalue weighted by Gasteiger charge is 2.20. The lowest BCUT2D eigenvalue weighted by Gasteiger charge is -2.25. The second kappa shape index (κ2) is 5.04. The summed E-state index contributed by atoms with van der Waals surface area (Å²) in [4.78, 5) is 0. The maximum Gasteiger partial charge on any atom is 0.0471 e. The maximum absolute atomic E-state index is 6.05. The molecule has 0 saturated carbocycles. The smallest absolute Gasteiger partial charge is 0.0471 e. The lowest BCUT2D eigenvalue weighted by molar-refractivity contribution is 0.0852. The molecule has 88 valence electrons. The summed E-state index contributed by atoms with van der Waals surface area (Å²) in [6.45, 7) is 2.08. The Kier molecular flexibility index (Phi) is 3.69. The molecule has 0 unspecified atom stereocenters. The average Bonchev–Trinajstić information content (AvgIpc) is 2.29. The highest BCUT2D eigenvalue weighted by Crippen LogP contribution is 2.34. The molecule has 0 radical (unpaired) electrons. The summed E-state index contributed by atoms with van der Waals surface area (Å²) in [5, 5.41) is 0.691.